The topological polar surface area (TPSA) is 86.8 Å². The number of carbonyl (C=O) groups is 2. The minimum atomic E-state index is -4.12. The number of carbonyl (C=O) groups excluding carboxylic acids is 2. The Balaban J connectivity index is 1.68. The van der Waals surface area contributed by atoms with Gasteiger partial charge in [0.15, 0.2) is 0 Å². The third-order valence-electron chi connectivity index (χ3n) is 7.20. The van der Waals surface area contributed by atoms with Crippen LogP contribution in [0.5, 0.6) is 0 Å². The zero-order valence-corrected chi connectivity index (χ0v) is 26.5. The summed E-state index contributed by atoms with van der Waals surface area (Å²) in [6.45, 7) is 1.12. The fourth-order valence-corrected chi connectivity index (χ4v) is 7.01. The van der Waals surface area contributed by atoms with Gasteiger partial charge in [0.1, 0.15) is 12.6 Å². The number of anilines is 1. The Morgan fingerprint density at radius 1 is 0.976 bits per heavy atom. The lowest BCUT2D eigenvalue weighted by atomic mass is 9.95. The molecule has 3 aromatic rings. The van der Waals surface area contributed by atoms with Crippen LogP contribution in [0.2, 0.25) is 10.0 Å². The first-order valence-corrected chi connectivity index (χ1v) is 16.4. The van der Waals surface area contributed by atoms with Crippen LogP contribution >= 0.6 is 39.1 Å². The minimum Gasteiger partial charge on any atom is -0.352 e. The molecule has 1 N–H and O–H groups in total. The second kappa shape index (κ2) is 14.1. The molecule has 0 aromatic heterocycles. The monoisotopic (exact) mass is 679 g/mol. The van der Waals surface area contributed by atoms with E-state index in [1.54, 1.807) is 67.6 Å². The molecule has 0 unspecified atom stereocenters. The number of amides is 2. The van der Waals surface area contributed by atoms with Gasteiger partial charge in [-0.15, -0.1) is 0 Å². The van der Waals surface area contributed by atoms with E-state index in [0.717, 1.165) is 40.9 Å². The maximum atomic E-state index is 14.1. The van der Waals surface area contributed by atoms with E-state index >= 15 is 0 Å². The van der Waals surface area contributed by atoms with E-state index in [2.05, 4.69) is 21.2 Å². The summed E-state index contributed by atoms with van der Waals surface area (Å²) < 4.78 is 29.5. The van der Waals surface area contributed by atoms with Gasteiger partial charge in [0, 0.05) is 27.1 Å². The summed E-state index contributed by atoms with van der Waals surface area (Å²) in [6.07, 6.45) is 5.01. The fourth-order valence-electron chi connectivity index (χ4n) is 4.84. The summed E-state index contributed by atoms with van der Waals surface area (Å²) in [7, 11) is -4.12. The molecule has 1 aliphatic rings. The first kappa shape index (κ1) is 31.3. The normalized spacial score (nSPS) is 14.7. The van der Waals surface area contributed by atoms with E-state index in [1.165, 1.54) is 17.0 Å². The molecule has 41 heavy (non-hydrogen) atoms. The molecule has 1 saturated carbocycles. The van der Waals surface area contributed by atoms with Gasteiger partial charge in [0.05, 0.1) is 10.6 Å². The summed E-state index contributed by atoms with van der Waals surface area (Å²) in [6, 6.07) is 18.7. The maximum absolute atomic E-state index is 14.1. The van der Waals surface area contributed by atoms with Crippen molar-refractivity contribution >= 4 is 66.7 Å². The van der Waals surface area contributed by atoms with Crippen LogP contribution in [-0.4, -0.2) is 43.8 Å². The Bertz CT molecular complexity index is 1470. The smallest absolute Gasteiger partial charge is 0.264 e. The van der Waals surface area contributed by atoms with Gasteiger partial charge in [-0.05, 0) is 73.9 Å². The van der Waals surface area contributed by atoms with Crippen LogP contribution in [0.15, 0.2) is 82.2 Å². The van der Waals surface area contributed by atoms with Crippen molar-refractivity contribution in [3.63, 3.8) is 0 Å². The quantitative estimate of drug-likeness (QED) is 0.255. The van der Waals surface area contributed by atoms with Crippen molar-refractivity contribution in [1.29, 1.82) is 0 Å². The van der Waals surface area contributed by atoms with Crippen molar-refractivity contribution in [3.05, 3.63) is 92.9 Å². The van der Waals surface area contributed by atoms with Crippen LogP contribution in [-0.2, 0) is 26.2 Å². The van der Waals surface area contributed by atoms with E-state index in [1.807, 2.05) is 0 Å². The number of benzene rings is 3. The Morgan fingerprint density at radius 2 is 1.63 bits per heavy atom. The van der Waals surface area contributed by atoms with E-state index < -0.39 is 28.5 Å². The van der Waals surface area contributed by atoms with Crippen LogP contribution in [0.1, 0.15) is 44.6 Å². The number of hydrogen-bond donors (Lipinski definition) is 1. The third-order valence-corrected chi connectivity index (χ3v) is 10.1. The number of sulfonamides is 1. The second-order valence-electron chi connectivity index (χ2n) is 10.1. The first-order chi connectivity index (χ1) is 19.6. The molecule has 1 atom stereocenters. The second-order valence-corrected chi connectivity index (χ2v) is 13.7. The SMILES string of the molecule is C[C@H](C(=O)NC1CCCCC1)N(Cc1ccc(Cl)cc1Cl)C(=O)CN(c1ccc(Br)cc1)S(=O)(=O)c1ccccc1. The third kappa shape index (κ3) is 8.03. The molecule has 4 rings (SSSR count). The predicted octanol–water partition coefficient (Wildman–Crippen LogP) is 6.82. The number of hydrogen-bond acceptors (Lipinski definition) is 4. The summed E-state index contributed by atoms with van der Waals surface area (Å²) >= 11 is 15.9. The molecule has 0 bridgehead atoms. The van der Waals surface area contributed by atoms with Crippen LogP contribution in [0.4, 0.5) is 5.69 Å². The highest BCUT2D eigenvalue weighted by atomic mass is 79.9. The van der Waals surface area contributed by atoms with Crippen LogP contribution in [0.25, 0.3) is 0 Å². The molecule has 0 saturated heterocycles. The van der Waals surface area contributed by atoms with E-state index in [9.17, 15) is 18.0 Å². The Morgan fingerprint density at radius 3 is 2.27 bits per heavy atom. The summed E-state index contributed by atoms with van der Waals surface area (Å²) in [4.78, 5) is 28.9. The van der Waals surface area contributed by atoms with Gasteiger partial charge < -0.3 is 10.2 Å². The standard InChI is InChI=1S/C30H32BrCl2N3O4S/c1-21(30(38)34-25-8-4-2-5-9-25)35(19-22-12-15-24(32)18-28(22)33)29(37)20-36(26-16-13-23(31)14-17-26)41(39,40)27-10-6-3-7-11-27/h3,6-7,10-18,21,25H,2,4-5,8-9,19-20H2,1H3,(H,34,38)/t21-/m1/s1. The van der Waals surface area contributed by atoms with Gasteiger partial charge in [-0.1, -0.05) is 82.7 Å². The molecule has 7 nitrogen and oxygen atoms in total. The summed E-state index contributed by atoms with van der Waals surface area (Å²) in [5.74, 6) is -0.846. The molecule has 3 aromatic carbocycles. The molecular weight excluding hydrogens is 649 g/mol. The van der Waals surface area contributed by atoms with E-state index in [-0.39, 0.29) is 23.4 Å². The maximum Gasteiger partial charge on any atom is 0.264 e. The molecule has 1 aliphatic carbocycles. The molecule has 0 radical (unpaired) electrons. The van der Waals surface area contributed by atoms with Crippen molar-refractivity contribution in [1.82, 2.24) is 10.2 Å². The average molecular weight is 681 g/mol. The lowest BCUT2D eigenvalue weighted by molar-refractivity contribution is -0.139. The Labute approximate surface area is 260 Å². The number of nitrogens with one attached hydrogen (secondary N) is 1. The van der Waals surface area contributed by atoms with Crippen LogP contribution in [0.3, 0.4) is 0 Å². The number of halogens is 3. The van der Waals surface area contributed by atoms with E-state index in [4.69, 9.17) is 23.2 Å². The first-order valence-electron chi connectivity index (χ1n) is 13.4. The lowest BCUT2D eigenvalue weighted by Gasteiger charge is -2.33. The van der Waals surface area contributed by atoms with Gasteiger partial charge in [-0.2, -0.15) is 0 Å². The molecule has 218 valence electrons. The highest BCUT2D eigenvalue weighted by Gasteiger charge is 2.33. The zero-order valence-electron chi connectivity index (χ0n) is 22.6. The molecule has 1 fully saturated rings. The van der Waals surface area contributed by atoms with Crippen molar-refractivity contribution < 1.29 is 18.0 Å². The Kier molecular flexibility index (Phi) is 10.7. The van der Waals surface area contributed by atoms with Gasteiger partial charge in [0.25, 0.3) is 10.0 Å². The molecule has 2 amide bonds. The van der Waals surface area contributed by atoms with Crippen molar-refractivity contribution in [2.45, 2.75) is 62.6 Å². The fraction of sp³-hybridized carbons (Fsp3) is 0.333. The van der Waals surface area contributed by atoms with Crippen molar-refractivity contribution in [2.24, 2.45) is 0 Å². The lowest BCUT2D eigenvalue weighted by Crippen LogP contribution is -2.53. The predicted molar refractivity (Wildman–Crippen MR) is 167 cm³/mol. The molecule has 11 heteroatoms. The largest absolute Gasteiger partial charge is 0.352 e. The van der Waals surface area contributed by atoms with Crippen LogP contribution < -0.4 is 9.62 Å². The highest BCUT2D eigenvalue weighted by molar-refractivity contribution is 9.10. The molecule has 0 aliphatic heterocycles. The highest BCUT2D eigenvalue weighted by Crippen LogP contribution is 2.27. The van der Waals surface area contributed by atoms with E-state index in [0.29, 0.717) is 21.3 Å². The number of nitrogens with zero attached hydrogens (tertiary/aromatic N) is 2. The van der Waals surface area contributed by atoms with Gasteiger partial charge in [-0.3, -0.25) is 13.9 Å². The molecule has 0 heterocycles. The van der Waals surface area contributed by atoms with Crippen LogP contribution in [0, 0.1) is 0 Å². The Hall–Kier alpha value is -2.59. The molecule has 0 spiro atoms. The zero-order chi connectivity index (χ0) is 29.6. The molecular formula is C30H32BrCl2N3O4S. The van der Waals surface area contributed by atoms with Gasteiger partial charge in [-0.25, -0.2) is 8.42 Å². The van der Waals surface area contributed by atoms with Gasteiger partial charge in [0.2, 0.25) is 11.8 Å². The minimum absolute atomic E-state index is 0.00630. The summed E-state index contributed by atoms with van der Waals surface area (Å²) in [5, 5.41) is 3.87. The average Bonchev–Trinajstić information content (AvgIpc) is 2.96. The van der Waals surface area contributed by atoms with Crippen molar-refractivity contribution in [3.8, 4) is 0 Å². The van der Waals surface area contributed by atoms with Gasteiger partial charge >= 0.3 is 0 Å². The summed E-state index contributed by atoms with van der Waals surface area (Å²) in [5.41, 5.74) is 0.900. The van der Waals surface area contributed by atoms with Crippen molar-refractivity contribution in [2.75, 3.05) is 10.8 Å². The number of rotatable bonds is 10.